The molecule has 1 unspecified atom stereocenters. The van der Waals surface area contributed by atoms with E-state index in [4.69, 9.17) is 42.6 Å². The molecule has 3 heterocycles. The Morgan fingerprint density at radius 1 is 0.709 bits per heavy atom. The van der Waals surface area contributed by atoms with Crippen LogP contribution < -0.4 is 0 Å². The van der Waals surface area contributed by atoms with Gasteiger partial charge in [-0.25, -0.2) is 9.59 Å². The van der Waals surface area contributed by atoms with Crippen molar-refractivity contribution >= 4 is 17.9 Å². The Hall–Kier alpha value is -3.31. The van der Waals surface area contributed by atoms with Gasteiger partial charge in [0, 0.05) is 10.8 Å². The average Bonchev–Trinajstić information content (AvgIpc) is 0.665. The smallest absolute Gasteiger partial charge is 0.338 e. The number of aliphatic hydroxyl groups excluding tert-OH is 11. The van der Waals surface area contributed by atoms with Crippen LogP contribution in [0.3, 0.4) is 0 Å². The van der Waals surface area contributed by atoms with Gasteiger partial charge in [0.25, 0.3) is 0 Å². The number of allylic oxidation sites excluding steroid dienone is 1. The van der Waals surface area contributed by atoms with E-state index in [1.54, 1.807) is 37.3 Å². The number of carbonyl (C=O) groups is 3. The number of esters is 3. The number of benzene rings is 1. The van der Waals surface area contributed by atoms with Gasteiger partial charge in [-0.3, -0.25) is 4.79 Å². The molecule has 27 atom stereocenters. The molecule has 8 aliphatic rings. The molecule has 0 aromatic heterocycles. The summed E-state index contributed by atoms with van der Waals surface area (Å²) < 4.78 is 55.6. The minimum absolute atomic E-state index is 0.0500. The van der Waals surface area contributed by atoms with Crippen molar-refractivity contribution in [1.29, 1.82) is 0 Å². The summed E-state index contributed by atoms with van der Waals surface area (Å²) in [6.45, 7) is 17.8. The Labute approximate surface area is 503 Å². The predicted molar refractivity (Wildman–Crippen MR) is 301 cm³/mol. The van der Waals surface area contributed by atoms with E-state index < -0.39 is 199 Å². The van der Waals surface area contributed by atoms with Crippen molar-refractivity contribution in [2.75, 3.05) is 26.4 Å². The van der Waals surface area contributed by atoms with Crippen LogP contribution in [0, 0.1) is 56.2 Å². The molecule has 0 bridgehead atoms. The minimum Gasteiger partial charge on any atom is -0.464 e. The molecule has 23 nitrogen and oxygen atoms in total. The van der Waals surface area contributed by atoms with Crippen LogP contribution >= 0.6 is 0 Å². The summed E-state index contributed by atoms with van der Waals surface area (Å²) in [5.41, 5.74) is -4.56. The van der Waals surface area contributed by atoms with E-state index in [9.17, 15) is 70.6 Å². The fourth-order valence-electron chi connectivity index (χ4n) is 17.1. The first-order chi connectivity index (χ1) is 40.5. The lowest BCUT2D eigenvalue weighted by atomic mass is 9.32. The van der Waals surface area contributed by atoms with Crippen molar-refractivity contribution in [3.63, 3.8) is 0 Å². The van der Waals surface area contributed by atoms with Gasteiger partial charge in [0.05, 0.1) is 61.6 Å². The van der Waals surface area contributed by atoms with Crippen LogP contribution in [-0.2, 0) is 52.2 Å². The van der Waals surface area contributed by atoms with Crippen LogP contribution in [0.2, 0.25) is 0 Å². The highest BCUT2D eigenvalue weighted by Gasteiger charge is 2.76. The Kier molecular flexibility index (Phi) is 19.8. The molecule has 1 aromatic rings. The quantitative estimate of drug-likeness (QED) is 0.0349. The summed E-state index contributed by atoms with van der Waals surface area (Å²) >= 11 is 0. The molecule has 3 aliphatic heterocycles. The Balaban J connectivity index is 1.04. The topological polar surface area (TPSA) is 357 Å². The van der Waals surface area contributed by atoms with Gasteiger partial charge in [0.2, 0.25) is 0 Å². The molecular formula is C63H96O23. The number of unbranched alkanes of at least 4 members (excludes halogenated alkanes) is 1. The van der Waals surface area contributed by atoms with E-state index in [1.165, 1.54) is 0 Å². The van der Waals surface area contributed by atoms with Gasteiger partial charge >= 0.3 is 17.9 Å². The zero-order valence-electron chi connectivity index (χ0n) is 51.3. The number of carbonyl (C=O) groups excluding carboxylic acids is 3. The third-order valence-corrected chi connectivity index (χ3v) is 22.6. The number of hydrogen-bond acceptors (Lipinski definition) is 23. The second kappa shape index (κ2) is 25.4. The maximum atomic E-state index is 14.2. The van der Waals surface area contributed by atoms with Gasteiger partial charge in [-0.05, 0) is 97.5 Å². The molecule has 3 saturated heterocycles. The lowest BCUT2D eigenvalue weighted by molar-refractivity contribution is -0.388. The minimum atomic E-state index is -1.99. The number of fused-ring (bicyclic) bond motifs is 7. The molecule has 5 aliphatic carbocycles. The standard InChI is InChI=1S/C63H96O23/c1-11-13-25-78-54(77)47-45(82-55-42(70)39(67)34(66)28-79-55)44(72)46(83-56-43(71)41(69)40(68)35(27-64)80-56)57(84-47)81-38-22-23-60(8)36(59(38,6)7)21-24-61(9)37(60)20-19-32-33-26-58(4,5)50(85-53(76)31-17-15-14-16-18-31)51(86-52(75)30(3)12-2)63(33,29-65)49(74)48(73)62(32,61)10/h14-19,30,33-51,55-57,64-74H,11-13,20-29H2,1-10H3/t30?,33-,34-,35+,36-,37+,38-,39-,40+,41-,42+,43+,44-,45-,46+,47-,48-,49+,50-,51-,55-,56-,57+,60-,61+,62-,63-/m0/s1. The van der Waals surface area contributed by atoms with Crippen molar-refractivity contribution in [2.24, 2.45) is 56.2 Å². The monoisotopic (exact) mass is 1220 g/mol. The SMILES string of the molecule is CCCCOC(=O)[C@H]1O[C@@H](O[C@H]2CC[C@]3(C)[C@H]4CC=C5[C@@H]6CC(C)(C)[C@@H](OC(=O)c7ccccc7)[C@H](OC(=O)C(C)CC)[C@]6(CO)[C@H](O)[C@H](O)[C@@]5(C)[C@]4(C)CC[C@H]3C2(C)C)[C@H](O[C@@H]2O[C@H](CO)[C@@H](O)[C@H](O)[C@H]2O)[C@@H](O)[C@@H]1O[C@@H]1OC[C@H](O)[C@H](O)[C@H]1O. The van der Waals surface area contributed by atoms with Crippen molar-refractivity contribution in [3.05, 3.63) is 47.5 Å². The zero-order valence-corrected chi connectivity index (χ0v) is 51.3. The molecule has 9 rings (SSSR count). The molecule has 0 radical (unpaired) electrons. The van der Waals surface area contributed by atoms with Gasteiger partial charge in [0.15, 0.2) is 31.1 Å². The molecule has 23 heteroatoms. The van der Waals surface area contributed by atoms with E-state index >= 15 is 0 Å². The van der Waals surface area contributed by atoms with Crippen LogP contribution in [0.4, 0.5) is 0 Å². The summed E-state index contributed by atoms with van der Waals surface area (Å²) in [4.78, 5) is 42.2. The van der Waals surface area contributed by atoms with Crippen LogP contribution in [-0.4, -0.2) is 217 Å². The molecule has 11 N–H and O–H groups in total. The fraction of sp³-hybridized carbons (Fsp3) is 0.825. The molecule has 7 fully saturated rings. The summed E-state index contributed by atoms with van der Waals surface area (Å²) in [6.07, 6.45) is -24.7. The van der Waals surface area contributed by atoms with E-state index in [-0.39, 0.29) is 24.0 Å². The maximum Gasteiger partial charge on any atom is 0.338 e. The molecule has 4 saturated carbocycles. The fourth-order valence-corrected chi connectivity index (χ4v) is 17.1. The molecular weight excluding hydrogens is 1120 g/mol. The summed E-state index contributed by atoms with van der Waals surface area (Å²) in [5, 5.41) is 125. The third kappa shape index (κ3) is 11.1. The zero-order chi connectivity index (χ0) is 63.0. The van der Waals surface area contributed by atoms with E-state index in [0.29, 0.717) is 57.8 Å². The highest BCUT2D eigenvalue weighted by atomic mass is 16.8. The van der Waals surface area contributed by atoms with Crippen molar-refractivity contribution < 1.29 is 113 Å². The van der Waals surface area contributed by atoms with Crippen LogP contribution in [0.25, 0.3) is 0 Å². The molecule has 0 amide bonds. The largest absolute Gasteiger partial charge is 0.464 e. The second-order valence-corrected chi connectivity index (χ2v) is 28.0. The molecule has 1 aromatic carbocycles. The van der Waals surface area contributed by atoms with Crippen LogP contribution in [0.5, 0.6) is 0 Å². The first-order valence-corrected chi connectivity index (χ1v) is 31.0. The van der Waals surface area contributed by atoms with Crippen molar-refractivity contribution in [2.45, 2.75) is 244 Å². The normalized spacial score (nSPS) is 46.5. The van der Waals surface area contributed by atoms with Crippen molar-refractivity contribution in [3.8, 4) is 0 Å². The summed E-state index contributed by atoms with van der Waals surface area (Å²) in [7, 11) is 0. The second-order valence-electron chi connectivity index (χ2n) is 28.0. The number of ether oxygens (including phenoxy) is 9. The van der Waals surface area contributed by atoms with Crippen LogP contribution in [0.1, 0.15) is 137 Å². The summed E-state index contributed by atoms with van der Waals surface area (Å²) in [6, 6.07) is 8.42. The highest BCUT2D eigenvalue weighted by molar-refractivity contribution is 5.89. The van der Waals surface area contributed by atoms with Gasteiger partial charge in [-0.15, -0.1) is 0 Å². The number of aliphatic hydroxyl groups is 11. The Bertz CT molecular complexity index is 2570. The van der Waals surface area contributed by atoms with E-state index in [2.05, 4.69) is 33.8 Å². The number of rotatable bonds is 17. The van der Waals surface area contributed by atoms with Gasteiger partial charge in [0.1, 0.15) is 67.1 Å². The lowest BCUT2D eigenvalue weighted by Crippen LogP contribution is -2.76. The van der Waals surface area contributed by atoms with Crippen molar-refractivity contribution in [1.82, 2.24) is 0 Å². The molecule has 86 heavy (non-hydrogen) atoms. The third-order valence-electron chi connectivity index (χ3n) is 22.6. The molecule has 0 spiro atoms. The summed E-state index contributed by atoms with van der Waals surface area (Å²) in [5.74, 6) is -3.73. The van der Waals surface area contributed by atoms with E-state index in [1.807, 2.05) is 34.6 Å². The Morgan fingerprint density at radius 2 is 1.38 bits per heavy atom. The first kappa shape index (κ1) is 67.1. The van der Waals surface area contributed by atoms with E-state index in [0.717, 1.165) is 5.57 Å². The average molecular weight is 1220 g/mol. The number of hydrogen-bond donors (Lipinski definition) is 11. The maximum absolute atomic E-state index is 14.2. The molecule has 486 valence electrons. The van der Waals surface area contributed by atoms with Crippen LogP contribution in [0.15, 0.2) is 42.0 Å². The Morgan fingerprint density at radius 3 is 2.03 bits per heavy atom. The lowest BCUT2D eigenvalue weighted by Gasteiger charge is -2.73. The predicted octanol–water partition coefficient (Wildman–Crippen LogP) is 1.95. The highest BCUT2D eigenvalue weighted by Crippen LogP contribution is 2.76. The van der Waals surface area contributed by atoms with Gasteiger partial charge in [-0.2, -0.15) is 0 Å². The van der Waals surface area contributed by atoms with Gasteiger partial charge in [-0.1, -0.05) is 106 Å². The first-order valence-electron chi connectivity index (χ1n) is 31.0. The van der Waals surface area contributed by atoms with Gasteiger partial charge < -0.3 is 98.8 Å².